The minimum absolute atomic E-state index is 0.331. The van der Waals surface area contributed by atoms with Gasteiger partial charge in [-0.25, -0.2) is 0 Å². The number of hydrogen-bond donors (Lipinski definition) is 1. The van der Waals surface area contributed by atoms with Crippen LogP contribution in [0.5, 0.6) is 0 Å². The van der Waals surface area contributed by atoms with Crippen LogP contribution in [0.25, 0.3) is 0 Å². The zero-order chi connectivity index (χ0) is 13.0. The maximum atomic E-state index is 4.78. The third-order valence-corrected chi connectivity index (χ3v) is 4.07. The second kappa shape index (κ2) is 5.87. The molecule has 1 aliphatic rings. The van der Waals surface area contributed by atoms with Gasteiger partial charge in [0.1, 0.15) is 0 Å². The summed E-state index contributed by atoms with van der Waals surface area (Å²) in [5, 5.41) is 8.02. The van der Waals surface area contributed by atoms with E-state index in [1.165, 1.54) is 37.8 Å². The molecule has 1 fully saturated rings. The second-order valence-electron chi connectivity index (χ2n) is 6.42. The van der Waals surface area contributed by atoms with Crippen LogP contribution in [0, 0.1) is 5.41 Å². The van der Waals surface area contributed by atoms with Crippen molar-refractivity contribution in [2.75, 3.05) is 13.6 Å². The van der Waals surface area contributed by atoms with E-state index < -0.39 is 0 Å². The van der Waals surface area contributed by atoms with E-state index in [-0.39, 0.29) is 0 Å². The van der Waals surface area contributed by atoms with E-state index >= 15 is 0 Å². The lowest BCUT2D eigenvalue weighted by molar-refractivity contribution is 0.323. The highest BCUT2D eigenvalue weighted by Crippen LogP contribution is 2.30. The van der Waals surface area contributed by atoms with E-state index in [1.54, 1.807) is 0 Å². The van der Waals surface area contributed by atoms with Crippen molar-refractivity contribution in [3.05, 3.63) is 18.0 Å². The topological polar surface area (TPSA) is 29.9 Å². The van der Waals surface area contributed by atoms with E-state index in [2.05, 4.69) is 36.1 Å². The van der Waals surface area contributed by atoms with Crippen molar-refractivity contribution in [3.8, 4) is 0 Å². The van der Waals surface area contributed by atoms with Gasteiger partial charge < -0.3 is 5.32 Å². The van der Waals surface area contributed by atoms with Gasteiger partial charge in [0.25, 0.3) is 0 Å². The van der Waals surface area contributed by atoms with E-state index in [1.807, 2.05) is 7.05 Å². The van der Waals surface area contributed by atoms with Gasteiger partial charge in [0.05, 0.1) is 11.7 Å². The molecule has 0 bridgehead atoms. The van der Waals surface area contributed by atoms with Crippen LogP contribution in [0.4, 0.5) is 0 Å². The summed E-state index contributed by atoms with van der Waals surface area (Å²) in [6.07, 6.45) is 9.81. The van der Waals surface area contributed by atoms with Crippen molar-refractivity contribution >= 4 is 0 Å². The summed E-state index contributed by atoms with van der Waals surface area (Å²) in [5.74, 6) is 0. The van der Waals surface area contributed by atoms with Crippen LogP contribution in [0.1, 0.15) is 57.7 Å². The zero-order valence-electron chi connectivity index (χ0n) is 12.1. The molecule has 0 radical (unpaired) electrons. The molecule has 1 aliphatic carbocycles. The number of hydrogen-bond acceptors (Lipinski definition) is 2. The van der Waals surface area contributed by atoms with Gasteiger partial charge in [-0.1, -0.05) is 26.7 Å². The summed E-state index contributed by atoms with van der Waals surface area (Å²) < 4.78 is 2.20. The van der Waals surface area contributed by atoms with Gasteiger partial charge in [-0.3, -0.25) is 4.68 Å². The Morgan fingerprint density at radius 2 is 2.11 bits per heavy atom. The first-order chi connectivity index (χ1) is 8.61. The third-order valence-electron chi connectivity index (χ3n) is 4.07. The normalized spacial score (nSPS) is 17.5. The molecule has 0 aliphatic heterocycles. The Morgan fingerprint density at radius 1 is 1.39 bits per heavy atom. The highest BCUT2D eigenvalue weighted by Gasteiger charge is 2.21. The summed E-state index contributed by atoms with van der Waals surface area (Å²) in [6.45, 7) is 5.74. The molecule has 1 aromatic rings. The van der Waals surface area contributed by atoms with Crippen LogP contribution in [0.15, 0.2) is 12.3 Å². The smallest absolute Gasteiger partial charge is 0.0630 e. The molecule has 1 aromatic heterocycles. The van der Waals surface area contributed by atoms with Gasteiger partial charge >= 0.3 is 0 Å². The molecule has 1 heterocycles. The summed E-state index contributed by atoms with van der Waals surface area (Å²) in [6, 6.07) is 2.87. The first-order valence-corrected chi connectivity index (χ1v) is 7.29. The van der Waals surface area contributed by atoms with Gasteiger partial charge in [0.2, 0.25) is 0 Å². The predicted octanol–water partition coefficient (Wildman–Crippen LogP) is 3.18. The fraction of sp³-hybridized carbons (Fsp3) is 0.800. The molecule has 1 N–H and O–H groups in total. The molecule has 18 heavy (non-hydrogen) atoms. The van der Waals surface area contributed by atoms with Crippen LogP contribution < -0.4 is 5.32 Å². The van der Waals surface area contributed by atoms with Gasteiger partial charge in [-0.05, 0) is 50.8 Å². The van der Waals surface area contributed by atoms with E-state index in [4.69, 9.17) is 5.10 Å². The largest absolute Gasteiger partial charge is 0.320 e. The first kappa shape index (κ1) is 13.6. The SMILES string of the molecule is CNCCC(C)(C)Cc1ccn(C2CCCC2)n1. The van der Waals surface area contributed by atoms with Gasteiger partial charge in [-0.2, -0.15) is 5.10 Å². The van der Waals surface area contributed by atoms with E-state index in [0.717, 1.165) is 13.0 Å². The van der Waals surface area contributed by atoms with E-state index in [0.29, 0.717) is 11.5 Å². The lowest BCUT2D eigenvalue weighted by Crippen LogP contribution is -2.22. The molecule has 2 rings (SSSR count). The quantitative estimate of drug-likeness (QED) is 0.839. The molecular weight excluding hydrogens is 222 g/mol. The Morgan fingerprint density at radius 3 is 2.78 bits per heavy atom. The average molecular weight is 249 g/mol. The number of aromatic nitrogens is 2. The molecule has 3 heteroatoms. The van der Waals surface area contributed by atoms with Crippen LogP contribution in [0.2, 0.25) is 0 Å². The first-order valence-electron chi connectivity index (χ1n) is 7.29. The van der Waals surface area contributed by atoms with Gasteiger partial charge in [0.15, 0.2) is 0 Å². The Kier molecular flexibility index (Phi) is 4.44. The molecule has 3 nitrogen and oxygen atoms in total. The lowest BCUT2D eigenvalue weighted by atomic mass is 9.84. The van der Waals surface area contributed by atoms with Crippen LogP contribution >= 0.6 is 0 Å². The Hall–Kier alpha value is -0.830. The minimum Gasteiger partial charge on any atom is -0.320 e. The van der Waals surface area contributed by atoms with Crippen molar-refractivity contribution in [2.24, 2.45) is 5.41 Å². The molecule has 0 spiro atoms. The number of nitrogens with one attached hydrogen (secondary N) is 1. The average Bonchev–Trinajstić information content (AvgIpc) is 2.95. The van der Waals surface area contributed by atoms with E-state index in [9.17, 15) is 0 Å². The summed E-state index contributed by atoms with van der Waals surface area (Å²) in [7, 11) is 2.02. The maximum Gasteiger partial charge on any atom is 0.0630 e. The van der Waals surface area contributed by atoms with Crippen LogP contribution in [0.3, 0.4) is 0 Å². The maximum absolute atomic E-state index is 4.78. The molecule has 102 valence electrons. The molecular formula is C15H27N3. The summed E-state index contributed by atoms with van der Waals surface area (Å²) in [4.78, 5) is 0. The van der Waals surface area contributed by atoms with Gasteiger partial charge in [-0.15, -0.1) is 0 Å². The zero-order valence-corrected chi connectivity index (χ0v) is 12.1. The molecule has 0 aromatic carbocycles. The Balaban J connectivity index is 1.93. The highest BCUT2D eigenvalue weighted by molar-refractivity contribution is 5.03. The molecule has 0 amide bonds. The molecule has 1 saturated carbocycles. The van der Waals surface area contributed by atoms with Gasteiger partial charge in [0, 0.05) is 6.20 Å². The lowest BCUT2D eigenvalue weighted by Gasteiger charge is -2.23. The van der Waals surface area contributed by atoms with Crippen LogP contribution in [-0.4, -0.2) is 23.4 Å². The number of nitrogens with zero attached hydrogens (tertiary/aromatic N) is 2. The summed E-state index contributed by atoms with van der Waals surface area (Å²) >= 11 is 0. The van der Waals surface area contributed by atoms with Crippen molar-refractivity contribution in [1.82, 2.24) is 15.1 Å². The highest BCUT2D eigenvalue weighted by atomic mass is 15.3. The van der Waals surface area contributed by atoms with Crippen molar-refractivity contribution in [1.29, 1.82) is 0 Å². The minimum atomic E-state index is 0.331. The monoisotopic (exact) mass is 249 g/mol. The molecule has 0 saturated heterocycles. The Labute approximate surface area is 111 Å². The van der Waals surface area contributed by atoms with Crippen molar-refractivity contribution in [3.63, 3.8) is 0 Å². The fourth-order valence-corrected chi connectivity index (χ4v) is 2.89. The van der Waals surface area contributed by atoms with Crippen molar-refractivity contribution < 1.29 is 0 Å². The number of rotatable bonds is 6. The molecule has 0 unspecified atom stereocenters. The molecule has 0 atom stereocenters. The predicted molar refractivity (Wildman–Crippen MR) is 75.8 cm³/mol. The summed E-state index contributed by atoms with van der Waals surface area (Å²) in [5.41, 5.74) is 1.58. The van der Waals surface area contributed by atoms with Crippen LogP contribution in [-0.2, 0) is 6.42 Å². The van der Waals surface area contributed by atoms with Crippen molar-refractivity contribution in [2.45, 2.75) is 58.4 Å². The third kappa shape index (κ3) is 3.58. The fourth-order valence-electron chi connectivity index (χ4n) is 2.89. The Bertz CT molecular complexity index is 362. The standard InChI is InChI=1S/C15H27N3/c1-15(2,9-10-16-3)12-13-8-11-18(17-13)14-6-4-5-7-14/h8,11,14,16H,4-7,9-10,12H2,1-3H3. The second-order valence-corrected chi connectivity index (χ2v) is 6.42.